The molecule has 1 N–H and O–H groups in total. The molecular weight excluding hydrogens is 448 g/mol. The van der Waals surface area contributed by atoms with Crippen molar-refractivity contribution >= 4 is 50.7 Å². The molecule has 0 aliphatic carbocycles. The second-order valence-electron chi connectivity index (χ2n) is 5.53. The molecule has 0 fully saturated rings. The Kier molecular flexibility index (Phi) is 6.15. The topological polar surface area (TPSA) is 52.0 Å². The molecule has 5 nitrogen and oxygen atoms in total. The van der Waals surface area contributed by atoms with Crippen LogP contribution < -0.4 is 10.1 Å². The van der Waals surface area contributed by atoms with E-state index >= 15 is 0 Å². The first-order chi connectivity index (χ1) is 12.7. The number of benzene rings is 2. The molecule has 27 heavy (non-hydrogen) atoms. The number of nitrogens with one attached hydrogen (secondary N) is 1. The summed E-state index contributed by atoms with van der Waals surface area (Å²) in [6, 6.07) is 13.6. The first-order valence-corrected chi connectivity index (χ1v) is 9.13. The lowest BCUT2D eigenvalue weighted by Gasteiger charge is -2.07. The Morgan fingerprint density at radius 2 is 2.07 bits per heavy atom. The van der Waals surface area contributed by atoms with Crippen LogP contribution >= 0.6 is 39.9 Å². The molecule has 2 heterocycles. The van der Waals surface area contributed by atoms with Gasteiger partial charge in [-0.1, -0.05) is 17.7 Å². The second-order valence-corrected chi connectivity index (χ2v) is 6.82. The Morgan fingerprint density at radius 3 is 2.85 bits per heavy atom. The zero-order valence-corrected chi connectivity index (χ0v) is 17.6. The van der Waals surface area contributed by atoms with Crippen molar-refractivity contribution in [2.45, 2.75) is 0 Å². The first-order valence-electron chi connectivity index (χ1n) is 7.88. The van der Waals surface area contributed by atoms with E-state index in [2.05, 4.69) is 15.3 Å². The molecule has 0 amide bonds. The third-order valence-corrected chi connectivity index (χ3v) is 4.83. The van der Waals surface area contributed by atoms with Crippen molar-refractivity contribution in [1.29, 1.82) is 0 Å². The number of thiazole rings is 1. The summed E-state index contributed by atoms with van der Waals surface area (Å²) in [6.45, 7) is 0. The third kappa shape index (κ3) is 4.32. The fraction of sp³-hybridized carbons (Fsp3) is 0.0526. The molecule has 0 aliphatic rings. The molecule has 0 aliphatic heterocycles. The zero-order chi connectivity index (χ0) is 17.9. The van der Waals surface area contributed by atoms with Crippen molar-refractivity contribution < 1.29 is 4.74 Å². The van der Waals surface area contributed by atoms with Crippen LogP contribution in [0.15, 0.2) is 66.6 Å². The normalized spacial score (nSPS) is 10.3. The van der Waals surface area contributed by atoms with Crippen LogP contribution in [0.2, 0.25) is 5.02 Å². The van der Waals surface area contributed by atoms with E-state index in [1.807, 2.05) is 52.5 Å². The van der Waals surface area contributed by atoms with Gasteiger partial charge in [-0.25, -0.2) is 9.97 Å². The summed E-state index contributed by atoms with van der Waals surface area (Å²) in [7, 11) is 1.64. The number of ether oxygens (including phenoxy) is 1. The van der Waals surface area contributed by atoms with E-state index in [1.165, 1.54) is 11.3 Å². The molecule has 8 heteroatoms. The predicted octanol–water partition coefficient (Wildman–Crippen LogP) is 5.98. The summed E-state index contributed by atoms with van der Waals surface area (Å²) in [5.74, 6) is 0.744. The average molecular weight is 464 g/mol. The van der Waals surface area contributed by atoms with Crippen molar-refractivity contribution in [3.05, 3.63) is 71.6 Å². The van der Waals surface area contributed by atoms with E-state index in [0.29, 0.717) is 5.02 Å². The SMILES string of the molecule is Br.COc1ccc(Cl)cc1-c1csc(Nc2cccc(-n3ccnc3)c2)n1. The molecule has 4 aromatic rings. The second kappa shape index (κ2) is 8.56. The maximum absolute atomic E-state index is 6.12. The minimum atomic E-state index is 0. The largest absolute Gasteiger partial charge is 0.496 e. The van der Waals surface area contributed by atoms with Crippen LogP contribution in [0.5, 0.6) is 5.75 Å². The van der Waals surface area contributed by atoms with Gasteiger partial charge in [0.25, 0.3) is 0 Å². The van der Waals surface area contributed by atoms with Crippen LogP contribution in [0.25, 0.3) is 16.9 Å². The Morgan fingerprint density at radius 1 is 1.19 bits per heavy atom. The van der Waals surface area contributed by atoms with E-state index in [1.54, 1.807) is 25.7 Å². The number of methoxy groups -OCH3 is 1. The van der Waals surface area contributed by atoms with Crippen molar-refractivity contribution in [2.75, 3.05) is 12.4 Å². The predicted molar refractivity (Wildman–Crippen MR) is 116 cm³/mol. The lowest BCUT2D eigenvalue weighted by Crippen LogP contribution is -1.94. The molecule has 0 saturated heterocycles. The van der Waals surface area contributed by atoms with Crippen LogP contribution in [0.3, 0.4) is 0 Å². The number of rotatable bonds is 5. The first kappa shape index (κ1) is 19.4. The van der Waals surface area contributed by atoms with E-state index in [4.69, 9.17) is 16.3 Å². The highest BCUT2D eigenvalue weighted by Gasteiger charge is 2.11. The summed E-state index contributed by atoms with van der Waals surface area (Å²) in [5, 5.41) is 6.78. The lowest BCUT2D eigenvalue weighted by atomic mass is 10.1. The minimum Gasteiger partial charge on any atom is -0.496 e. The van der Waals surface area contributed by atoms with Crippen LogP contribution in [-0.4, -0.2) is 21.6 Å². The molecule has 2 aromatic carbocycles. The molecule has 0 saturated carbocycles. The number of anilines is 2. The van der Waals surface area contributed by atoms with Crippen molar-refractivity contribution in [3.8, 4) is 22.7 Å². The quantitative estimate of drug-likeness (QED) is 0.395. The highest BCUT2D eigenvalue weighted by molar-refractivity contribution is 8.93. The molecule has 2 aromatic heterocycles. The lowest BCUT2D eigenvalue weighted by molar-refractivity contribution is 0.416. The van der Waals surface area contributed by atoms with Gasteiger partial charge in [0.2, 0.25) is 0 Å². The number of nitrogens with zero attached hydrogens (tertiary/aromatic N) is 3. The smallest absolute Gasteiger partial charge is 0.187 e. The van der Waals surface area contributed by atoms with Crippen LogP contribution in [-0.2, 0) is 0 Å². The molecule has 0 unspecified atom stereocenters. The monoisotopic (exact) mass is 462 g/mol. The molecular formula is C19H16BrClN4OS. The Labute approximate surface area is 176 Å². The van der Waals surface area contributed by atoms with E-state index in [-0.39, 0.29) is 17.0 Å². The molecule has 0 atom stereocenters. The molecule has 0 radical (unpaired) electrons. The standard InChI is InChI=1S/C19H15ClN4OS.BrH/c1-25-18-6-5-13(20)9-16(18)17-11-26-19(23-17)22-14-3-2-4-15(10-14)24-8-7-21-12-24;/h2-12H,1H3,(H,22,23);1H. The van der Waals surface area contributed by atoms with Gasteiger partial charge in [-0.05, 0) is 36.4 Å². The van der Waals surface area contributed by atoms with Gasteiger partial charge in [0.15, 0.2) is 5.13 Å². The van der Waals surface area contributed by atoms with Gasteiger partial charge in [0.05, 0.1) is 19.1 Å². The van der Waals surface area contributed by atoms with Gasteiger partial charge in [-0.15, -0.1) is 28.3 Å². The molecule has 0 bridgehead atoms. The Balaban J connectivity index is 0.00000210. The van der Waals surface area contributed by atoms with Crippen molar-refractivity contribution in [3.63, 3.8) is 0 Å². The zero-order valence-electron chi connectivity index (χ0n) is 14.3. The number of aromatic nitrogens is 3. The minimum absolute atomic E-state index is 0. The van der Waals surface area contributed by atoms with E-state index < -0.39 is 0 Å². The summed E-state index contributed by atoms with van der Waals surface area (Å²) in [6.07, 6.45) is 5.43. The number of hydrogen-bond donors (Lipinski definition) is 1. The fourth-order valence-electron chi connectivity index (χ4n) is 2.61. The van der Waals surface area contributed by atoms with Gasteiger partial charge in [-0.2, -0.15) is 0 Å². The van der Waals surface area contributed by atoms with Gasteiger partial charge < -0.3 is 14.6 Å². The highest BCUT2D eigenvalue weighted by atomic mass is 79.9. The van der Waals surface area contributed by atoms with Crippen molar-refractivity contribution in [1.82, 2.24) is 14.5 Å². The summed E-state index contributed by atoms with van der Waals surface area (Å²) in [4.78, 5) is 8.75. The molecule has 4 rings (SSSR count). The molecule has 138 valence electrons. The maximum Gasteiger partial charge on any atom is 0.187 e. The van der Waals surface area contributed by atoms with E-state index in [9.17, 15) is 0 Å². The average Bonchev–Trinajstić information content (AvgIpc) is 3.34. The van der Waals surface area contributed by atoms with Crippen molar-refractivity contribution in [2.24, 2.45) is 0 Å². The summed E-state index contributed by atoms with van der Waals surface area (Å²) >= 11 is 7.65. The third-order valence-electron chi connectivity index (χ3n) is 3.84. The number of hydrogen-bond acceptors (Lipinski definition) is 5. The molecule has 0 spiro atoms. The number of imidazole rings is 1. The van der Waals surface area contributed by atoms with Gasteiger partial charge in [-0.3, -0.25) is 0 Å². The Bertz CT molecular complexity index is 1040. The van der Waals surface area contributed by atoms with Crippen LogP contribution in [0.4, 0.5) is 10.8 Å². The van der Waals surface area contributed by atoms with Gasteiger partial charge in [0, 0.05) is 39.7 Å². The van der Waals surface area contributed by atoms with Crippen LogP contribution in [0.1, 0.15) is 0 Å². The number of halogens is 2. The maximum atomic E-state index is 6.12. The van der Waals surface area contributed by atoms with Gasteiger partial charge in [0.1, 0.15) is 5.75 Å². The van der Waals surface area contributed by atoms with Crippen LogP contribution in [0, 0.1) is 0 Å². The van der Waals surface area contributed by atoms with Gasteiger partial charge >= 0.3 is 0 Å². The summed E-state index contributed by atoms with van der Waals surface area (Å²) in [5.41, 5.74) is 3.68. The Hall–Kier alpha value is -2.35. The highest BCUT2D eigenvalue weighted by Crippen LogP contribution is 2.35. The summed E-state index contributed by atoms with van der Waals surface area (Å²) < 4.78 is 7.37. The van der Waals surface area contributed by atoms with E-state index in [0.717, 1.165) is 33.5 Å². The fourth-order valence-corrected chi connectivity index (χ4v) is 3.52.